The van der Waals surface area contributed by atoms with E-state index in [-0.39, 0.29) is 6.04 Å². The quantitative estimate of drug-likeness (QED) is 0.753. The lowest BCUT2D eigenvalue weighted by atomic mass is 9.98. The fraction of sp³-hybridized carbons (Fsp3) is 0.923. The summed E-state index contributed by atoms with van der Waals surface area (Å²) in [6.07, 6.45) is 3.38. The Morgan fingerprint density at radius 3 is 2.44 bits per heavy atom. The van der Waals surface area contributed by atoms with Gasteiger partial charge in [0.15, 0.2) is 0 Å². The largest absolute Gasteiger partial charge is 0.328 e. The molecule has 16 heavy (non-hydrogen) atoms. The summed E-state index contributed by atoms with van der Waals surface area (Å²) >= 11 is 0. The Hall–Kier alpha value is -0.570. The molecular formula is C13H26N2O. The van der Waals surface area contributed by atoms with Gasteiger partial charge in [0.1, 0.15) is 0 Å². The molecule has 1 aliphatic heterocycles. The van der Waals surface area contributed by atoms with E-state index in [1.165, 1.54) is 0 Å². The third kappa shape index (κ3) is 2.97. The van der Waals surface area contributed by atoms with Gasteiger partial charge in [0.2, 0.25) is 5.91 Å². The van der Waals surface area contributed by atoms with E-state index in [4.69, 9.17) is 0 Å². The standard InChI is InChI=1S/C13H26N2O/c1-5-10(4)12-13(16)15(9-14-12)8-11(6-2)7-3/h10-12,14H,5-9H2,1-4H3. The molecule has 1 aliphatic rings. The molecule has 0 aromatic heterocycles. The zero-order valence-corrected chi connectivity index (χ0v) is 11.1. The van der Waals surface area contributed by atoms with Gasteiger partial charge in [-0.05, 0) is 11.8 Å². The lowest BCUT2D eigenvalue weighted by Crippen LogP contribution is -2.37. The predicted molar refractivity (Wildman–Crippen MR) is 67.0 cm³/mol. The number of carbonyl (C=O) groups is 1. The molecule has 1 fully saturated rings. The molecule has 1 amide bonds. The van der Waals surface area contributed by atoms with Gasteiger partial charge in [-0.3, -0.25) is 10.1 Å². The van der Waals surface area contributed by atoms with E-state index < -0.39 is 0 Å². The molecule has 0 aliphatic carbocycles. The molecule has 94 valence electrons. The summed E-state index contributed by atoms with van der Waals surface area (Å²) in [5.74, 6) is 1.40. The van der Waals surface area contributed by atoms with Crippen molar-refractivity contribution in [2.75, 3.05) is 13.2 Å². The van der Waals surface area contributed by atoms with Crippen molar-refractivity contribution in [3.8, 4) is 0 Å². The van der Waals surface area contributed by atoms with Crippen molar-refractivity contribution in [1.29, 1.82) is 0 Å². The number of amides is 1. The first-order chi connectivity index (χ1) is 7.63. The van der Waals surface area contributed by atoms with Crippen LogP contribution in [0.3, 0.4) is 0 Å². The molecule has 2 unspecified atom stereocenters. The number of nitrogens with one attached hydrogen (secondary N) is 1. The normalized spacial score (nSPS) is 23.2. The number of rotatable bonds is 6. The molecular weight excluding hydrogens is 200 g/mol. The summed E-state index contributed by atoms with van der Waals surface area (Å²) in [5.41, 5.74) is 0. The maximum absolute atomic E-state index is 12.1. The first-order valence-electron chi connectivity index (χ1n) is 6.66. The minimum absolute atomic E-state index is 0.0550. The first-order valence-corrected chi connectivity index (χ1v) is 6.66. The van der Waals surface area contributed by atoms with Crippen molar-refractivity contribution in [1.82, 2.24) is 10.2 Å². The van der Waals surface area contributed by atoms with Gasteiger partial charge in [-0.15, -0.1) is 0 Å². The van der Waals surface area contributed by atoms with E-state index in [2.05, 4.69) is 33.0 Å². The molecule has 0 aromatic carbocycles. The summed E-state index contributed by atoms with van der Waals surface area (Å²) in [6, 6.07) is 0.0550. The fourth-order valence-corrected chi connectivity index (χ4v) is 2.26. The fourth-order valence-electron chi connectivity index (χ4n) is 2.26. The van der Waals surface area contributed by atoms with Crippen LogP contribution < -0.4 is 5.32 Å². The van der Waals surface area contributed by atoms with Crippen LogP contribution in [-0.2, 0) is 4.79 Å². The Labute approximate surface area is 99.6 Å². The van der Waals surface area contributed by atoms with E-state index in [9.17, 15) is 4.79 Å². The van der Waals surface area contributed by atoms with Crippen LogP contribution in [0, 0.1) is 11.8 Å². The lowest BCUT2D eigenvalue weighted by Gasteiger charge is -2.22. The zero-order valence-electron chi connectivity index (χ0n) is 11.1. The van der Waals surface area contributed by atoms with Crippen LogP contribution in [0.15, 0.2) is 0 Å². The van der Waals surface area contributed by atoms with Crippen molar-refractivity contribution < 1.29 is 4.79 Å². The van der Waals surface area contributed by atoms with Gasteiger partial charge in [-0.1, -0.05) is 47.0 Å². The molecule has 0 spiro atoms. The van der Waals surface area contributed by atoms with Gasteiger partial charge in [-0.2, -0.15) is 0 Å². The van der Waals surface area contributed by atoms with Gasteiger partial charge < -0.3 is 4.90 Å². The van der Waals surface area contributed by atoms with Crippen LogP contribution in [0.2, 0.25) is 0 Å². The smallest absolute Gasteiger partial charge is 0.241 e. The highest BCUT2D eigenvalue weighted by Gasteiger charge is 2.34. The lowest BCUT2D eigenvalue weighted by molar-refractivity contribution is -0.130. The molecule has 0 bridgehead atoms. The molecule has 1 heterocycles. The Morgan fingerprint density at radius 2 is 1.94 bits per heavy atom. The van der Waals surface area contributed by atoms with Crippen molar-refractivity contribution in [2.45, 2.75) is 53.0 Å². The number of carbonyl (C=O) groups excluding carboxylic acids is 1. The van der Waals surface area contributed by atoms with Crippen LogP contribution >= 0.6 is 0 Å². The molecule has 1 rings (SSSR count). The Morgan fingerprint density at radius 1 is 1.31 bits per heavy atom. The number of hydrogen-bond donors (Lipinski definition) is 1. The highest BCUT2D eigenvalue weighted by atomic mass is 16.2. The van der Waals surface area contributed by atoms with Crippen LogP contribution in [-0.4, -0.2) is 30.1 Å². The Bertz CT molecular complexity index is 226. The number of hydrogen-bond acceptors (Lipinski definition) is 2. The summed E-state index contributed by atoms with van der Waals surface area (Å²) in [5, 5.41) is 3.34. The van der Waals surface area contributed by atoms with Crippen LogP contribution in [0.4, 0.5) is 0 Å². The predicted octanol–water partition coefficient (Wildman–Crippen LogP) is 2.23. The average molecular weight is 226 g/mol. The van der Waals surface area contributed by atoms with Gasteiger partial charge in [0.05, 0.1) is 12.7 Å². The molecule has 1 N–H and O–H groups in total. The molecule has 0 aromatic rings. The second-order valence-electron chi connectivity index (χ2n) is 4.97. The highest BCUT2D eigenvalue weighted by Crippen LogP contribution is 2.18. The molecule has 1 saturated heterocycles. The average Bonchev–Trinajstić information content (AvgIpc) is 2.66. The van der Waals surface area contributed by atoms with Gasteiger partial charge in [0, 0.05) is 6.54 Å². The van der Waals surface area contributed by atoms with Gasteiger partial charge in [0.25, 0.3) is 0 Å². The maximum atomic E-state index is 12.1. The van der Waals surface area contributed by atoms with Gasteiger partial charge >= 0.3 is 0 Å². The third-order valence-electron chi connectivity index (χ3n) is 3.93. The summed E-state index contributed by atoms with van der Waals surface area (Å²) in [7, 11) is 0. The Balaban J connectivity index is 2.50. The van der Waals surface area contributed by atoms with E-state index in [0.29, 0.717) is 17.7 Å². The minimum Gasteiger partial charge on any atom is -0.328 e. The zero-order chi connectivity index (χ0) is 12.1. The van der Waals surface area contributed by atoms with Crippen molar-refractivity contribution in [2.24, 2.45) is 11.8 Å². The van der Waals surface area contributed by atoms with E-state index >= 15 is 0 Å². The van der Waals surface area contributed by atoms with Crippen LogP contribution in [0.1, 0.15) is 47.0 Å². The number of nitrogens with zero attached hydrogens (tertiary/aromatic N) is 1. The van der Waals surface area contributed by atoms with E-state index in [1.54, 1.807) is 0 Å². The third-order valence-corrected chi connectivity index (χ3v) is 3.93. The van der Waals surface area contributed by atoms with Crippen molar-refractivity contribution in [3.05, 3.63) is 0 Å². The molecule has 3 heteroatoms. The molecule has 0 radical (unpaired) electrons. The minimum atomic E-state index is 0.0550. The first kappa shape index (κ1) is 13.5. The Kier molecular flexibility index (Phi) is 5.26. The van der Waals surface area contributed by atoms with Crippen LogP contribution in [0.5, 0.6) is 0 Å². The second kappa shape index (κ2) is 6.24. The van der Waals surface area contributed by atoms with E-state index in [0.717, 1.165) is 32.5 Å². The van der Waals surface area contributed by atoms with Gasteiger partial charge in [-0.25, -0.2) is 0 Å². The van der Waals surface area contributed by atoms with Crippen LogP contribution in [0.25, 0.3) is 0 Å². The highest BCUT2D eigenvalue weighted by molar-refractivity contribution is 5.84. The molecule has 0 saturated carbocycles. The monoisotopic (exact) mass is 226 g/mol. The SMILES string of the molecule is CCC(CC)CN1CNC(C(C)CC)C1=O. The molecule has 3 nitrogen and oxygen atoms in total. The maximum Gasteiger partial charge on any atom is 0.241 e. The summed E-state index contributed by atoms with van der Waals surface area (Å²) in [4.78, 5) is 14.1. The van der Waals surface area contributed by atoms with Crippen molar-refractivity contribution >= 4 is 5.91 Å². The topological polar surface area (TPSA) is 32.3 Å². The van der Waals surface area contributed by atoms with Crippen molar-refractivity contribution in [3.63, 3.8) is 0 Å². The van der Waals surface area contributed by atoms with E-state index in [1.807, 2.05) is 4.90 Å². The molecule has 2 atom stereocenters. The summed E-state index contributed by atoms with van der Waals surface area (Å²) < 4.78 is 0. The second-order valence-corrected chi connectivity index (χ2v) is 4.97. The summed E-state index contributed by atoms with van der Waals surface area (Å²) in [6.45, 7) is 10.4.